The minimum absolute atomic E-state index is 0.0422. The molecule has 2 atom stereocenters. The predicted molar refractivity (Wildman–Crippen MR) is 114 cm³/mol. The summed E-state index contributed by atoms with van der Waals surface area (Å²) in [5, 5.41) is 7.71. The molecule has 158 valence electrons. The summed E-state index contributed by atoms with van der Waals surface area (Å²) in [5.41, 5.74) is 0.768. The lowest BCUT2D eigenvalue weighted by Crippen LogP contribution is -2.42. The number of urea groups is 1. The Balaban J connectivity index is 1.40. The van der Waals surface area contributed by atoms with Crippen molar-refractivity contribution in [2.24, 2.45) is 0 Å². The number of carbonyl (C=O) groups is 3. The van der Waals surface area contributed by atoms with Gasteiger partial charge in [-0.15, -0.1) is 11.3 Å². The molecule has 0 unspecified atom stereocenters. The van der Waals surface area contributed by atoms with Crippen LogP contribution >= 0.6 is 11.3 Å². The second-order valence-corrected chi connectivity index (χ2v) is 8.90. The predicted octanol–water partition coefficient (Wildman–Crippen LogP) is 3.19. The van der Waals surface area contributed by atoms with Gasteiger partial charge in [-0.3, -0.25) is 19.5 Å². The fourth-order valence-corrected chi connectivity index (χ4v) is 5.00. The SMILES string of the molecule is O=C(C[C@@H]1NC(=O)N(C2CCCCC2)C1=O)N[C@H](Cc1cccs1)c1ccccn1. The highest BCUT2D eigenvalue weighted by Gasteiger charge is 2.43. The summed E-state index contributed by atoms with van der Waals surface area (Å²) in [4.78, 5) is 44.9. The molecule has 0 spiro atoms. The third kappa shape index (κ3) is 4.70. The number of aromatic nitrogens is 1. The molecule has 1 saturated carbocycles. The number of hydrogen-bond acceptors (Lipinski definition) is 5. The number of thiophene rings is 1. The van der Waals surface area contributed by atoms with Crippen LogP contribution in [-0.4, -0.2) is 39.8 Å². The number of rotatable bonds is 7. The van der Waals surface area contributed by atoms with Crippen molar-refractivity contribution in [3.63, 3.8) is 0 Å². The van der Waals surface area contributed by atoms with E-state index in [1.165, 1.54) is 4.90 Å². The van der Waals surface area contributed by atoms with E-state index in [9.17, 15) is 14.4 Å². The lowest BCUT2D eigenvalue weighted by molar-refractivity contribution is -0.132. The van der Waals surface area contributed by atoms with Crippen LogP contribution in [0.2, 0.25) is 0 Å². The van der Waals surface area contributed by atoms with E-state index in [-0.39, 0.29) is 36.3 Å². The highest BCUT2D eigenvalue weighted by Crippen LogP contribution is 2.26. The quantitative estimate of drug-likeness (QED) is 0.665. The fraction of sp³-hybridized carbons (Fsp3) is 0.455. The molecule has 4 rings (SSSR count). The average molecular weight is 427 g/mol. The molecule has 0 radical (unpaired) electrons. The summed E-state index contributed by atoms with van der Waals surface area (Å²) in [6.45, 7) is 0. The normalized spacial score (nSPS) is 20.8. The molecule has 4 amide bonds. The van der Waals surface area contributed by atoms with Crippen LogP contribution in [0.4, 0.5) is 4.79 Å². The first-order valence-electron chi connectivity index (χ1n) is 10.5. The molecule has 1 aliphatic carbocycles. The summed E-state index contributed by atoms with van der Waals surface area (Å²) >= 11 is 1.63. The van der Waals surface area contributed by atoms with E-state index in [2.05, 4.69) is 15.6 Å². The van der Waals surface area contributed by atoms with Gasteiger partial charge in [0.25, 0.3) is 5.91 Å². The molecule has 2 aromatic heterocycles. The van der Waals surface area contributed by atoms with Gasteiger partial charge in [0.2, 0.25) is 5.91 Å². The van der Waals surface area contributed by atoms with Gasteiger partial charge in [-0.1, -0.05) is 31.4 Å². The van der Waals surface area contributed by atoms with Gasteiger partial charge in [-0.05, 0) is 36.4 Å². The van der Waals surface area contributed by atoms with Gasteiger partial charge >= 0.3 is 6.03 Å². The Hall–Kier alpha value is -2.74. The van der Waals surface area contributed by atoms with Gasteiger partial charge in [-0.25, -0.2) is 4.79 Å². The van der Waals surface area contributed by atoms with Crippen molar-refractivity contribution in [3.05, 3.63) is 52.5 Å². The van der Waals surface area contributed by atoms with Crippen molar-refractivity contribution in [1.82, 2.24) is 20.5 Å². The molecule has 2 aliphatic rings. The van der Waals surface area contributed by atoms with E-state index in [1.54, 1.807) is 17.5 Å². The lowest BCUT2D eigenvalue weighted by atomic mass is 9.94. The summed E-state index contributed by atoms with van der Waals surface area (Å²) < 4.78 is 0. The van der Waals surface area contributed by atoms with Crippen molar-refractivity contribution in [1.29, 1.82) is 0 Å². The van der Waals surface area contributed by atoms with Gasteiger partial charge in [0.15, 0.2) is 0 Å². The molecule has 1 saturated heterocycles. The summed E-state index contributed by atoms with van der Waals surface area (Å²) in [6, 6.07) is 8.10. The van der Waals surface area contributed by atoms with Crippen molar-refractivity contribution in [2.45, 2.75) is 63.1 Å². The van der Waals surface area contributed by atoms with Gasteiger partial charge in [-0.2, -0.15) is 0 Å². The number of carbonyl (C=O) groups excluding carboxylic acids is 3. The minimum Gasteiger partial charge on any atom is -0.347 e. The Kier molecular flexibility index (Phi) is 6.42. The Morgan fingerprint density at radius 1 is 1.20 bits per heavy atom. The summed E-state index contributed by atoms with van der Waals surface area (Å²) in [6.07, 6.45) is 7.15. The Bertz CT molecular complexity index is 881. The van der Waals surface area contributed by atoms with Crippen LogP contribution in [0.5, 0.6) is 0 Å². The van der Waals surface area contributed by atoms with Crippen molar-refractivity contribution in [2.75, 3.05) is 0 Å². The zero-order valence-electron chi connectivity index (χ0n) is 16.8. The molecular formula is C22H26N4O3S. The minimum atomic E-state index is -0.800. The molecule has 2 fully saturated rings. The van der Waals surface area contributed by atoms with Crippen LogP contribution in [-0.2, 0) is 16.0 Å². The summed E-state index contributed by atoms with van der Waals surface area (Å²) in [5.74, 6) is -0.555. The second-order valence-electron chi connectivity index (χ2n) is 7.86. The van der Waals surface area contributed by atoms with E-state index in [1.807, 2.05) is 35.7 Å². The van der Waals surface area contributed by atoms with Crippen LogP contribution in [0.3, 0.4) is 0 Å². The molecule has 0 aromatic carbocycles. The van der Waals surface area contributed by atoms with Crippen LogP contribution in [0.1, 0.15) is 55.1 Å². The van der Waals surface area contributed by atoms with E-state index < -0.39 is 6.04 Å². The zero-order valence-corrected chi connectivity index (χ0v) is 17.6. The molecule has 30 heavy (non-hydrogen) atoms. The third-order valence-corrected chi connectivity index (χ3v) is 6.65. The standard InChI is InChI=1S/C22H26N4O3S/c27-20(14-19-21(28)26(22(29)25-19)15-7-2-1-3-8-15)24-18(13-16-9-6-12-30-16)17-10-4-5-11-23-17/h4-6,9-12,15,18-19H,1-3,7-8,13-14H2,(H,24,27)(H,25,29)/t18-,19+/m1/s1. The monoisotopic (exact) mass is 426 g/mol. The fourth-order valence-electron chi connectivity index (χ4n) is 4.25. The number of hydrogen-bond donors (Lipinski definition) is 2. The molecular weight excluding hydrogens is 400 g/mol. The van der Waals surface area contributed by atoms with Crippen LogP contribution < -0.4 is 10.6 Å². The van der Waals surface area contributed by atoms with Gasteiger partial charge in [0.1, 0.15) is 6.04 Å². The lowest BCUT2D eigenvalue weighted by Gasteiger charge is -2.28. The van der Waals surface area contributed by atoms with Gasteiger partial charge in [0, 0.05) is 23.5 Å². The molecule has 0 bridgehead atoms. The largest absolute Gasteiger partial charge is 0.347 e. The number of nitrogens with one attached hydrogen (secondary N) is 2. The first-order valence-corrected chi connectivity index (χ1v) is 11.4. The molecule has 8 heteroatoms. The van der Waals surface area contributed by atoms with Crippen LogP contribution in [0.25, 0.3) is 0 Å². The Morgan fingerprint density at radius 2 is 2.03 bits per heavy atom. The highest BCUT2D eigenvalue weighted by molar-refractivity contribution is 7.09. The topological polar surface area (TPSA) is 91.4 Å². The maximum atomic E-state index is 12.8. The number of amides is 4. The number of pyridine rings is 1. The molecule has 2 N–H and O–H groups in total. The van der Waals surface area contributed by atoms with E-state index in [4.69, 9.17) is 0 Å². The summed E-state index contributed by atoms with van der Waals surface area (Å²) in [7, 11) is 0. The second kappa shape index (κ2) is 9.38. The molecule has 3 heterocycles. The highest BCUT2D eigenvalue weighted by atomic mass is 32.1. The Labute approximate surface area is 179 Å². The third-order valence-electron chi connectivity index (χ3n) is 5.75. The number of nitrogens with zero attached hydrogens (tertiary/aromatic N) is 2. The van der Waals surface area contributed by atoms with Crippen molar-refractivity contribution < 1.29 is 14.4 Å². The van der Waals surface area contributed by atoms with Gasteiger partial charge < -0.3 is 10.6 Å². The van der Waals surface area contributed by atoms with Crippen molar-refractivity contribution >= 4 is 29.2 Å². The van der Waals surface area contributed by atoms with E-state index >= 15 is 0 Å². The first kappa shape index (κ1) is 20.5. The van der Waals surface area contributed by atoms with Crippen LogP contribution in [0, 0.1) is 0 Å². The van der Waals surface area contributed by atoms with Crippen LogP contribution in [0.15, 0.2) is 41.9 Å². The molecule has 2 aromatic rings. The van der Waals surface area contributed by atoms with E-state index in [0.29, 0.717) is 6.42 Å². The first-order chi connectivity index (χ1) is 14.6. The maximum Gasteiger partial charge on any atom is 0.325 e. The average Bonchev–Trinajstić information content (AvgIpc) is 3.36. The Morgan fingerprint density at radius 3 is 2.73 bits per heavy atom. The van der Waals surface area contributed by atoms with Crippen molar-refractivity contribution in [3.8, 4) is 0 Å². The van der Waals surface area contributed by atoms with E-state index in [0.717, 1.165) is 42.7 Å². The number of imide groups is 1. The smallest absolute Gasteiger partial charge is 0.325 e. The van der Waals surface area contributed by atoms with Gasteiger partial charge in [0.05, 0.1) is 18.2 Å². The zero-order chi connectivity index (χ0) is 20.9. The maximum absolute atomic E-state index is 12.8. The molecule has 7 nitrogen and oxygen atoms in total. The molecule has 1 aliphatic heterocycles.